The maximum Gasteiger partial charge on any atom is 0.246 e. The van der Waals surface area contributed by atoms with Gasteiger partial charge in [0.2, 0.25) is 17.8 Å². The first-order valence-corrected chi connectivity index (χ1v) is 9.39. The number of para-hydroxylation sites is 1. The van der Waals surface area contributed by atoms with Gasteiger partial charge in [-0.15, -0.1) is 0 Å². The number of aryl methyl sites for hydroxylation is 1. The molecule has 5 rings (SSSR count). The number of Topliss-reactive ketones (excluding diaryl/α,β-unsaturated/α-hetero) is 1. The number of anilines is 1. The number of nitrogens with zero attached hydrogens (tertiary/aromatic N) is 3. The van der Waals surface area contributed by atoms with E-state index in [0.29, 0.717) is 38.9 Å². The molecule has 1 aromatic heterocycles. The molecule has 0 bridgehead atoms. The van der Waals surface area contributed by atoms with Gasteiger partial charge in [-0.05, 0) is 31.9 Å². The minimum absolute atomic E-state index is 0.100. The van der Waals surface area contributed by atoms with Crippen LogP contribution in [0.4, 0.5) is 5.95 Å². The molecular formula is C19H21N5O3. The van der Waals surface area contributed by atoms with Crippen molar-refractivity contribution >= 4 is 34.6 Å². The number of amides is 2. The van der Waals surface area contributed by atoms with Crippen LogP contribution in [0.15, 0.2) is 18.2 Å². The number of hydrogen-bond donors (Lipinski definition) is 2. The Balaban J connectivity index is 1.45. The lowest BCUT2D eigenvalue weighted by molar-refractivity contribution is -0.142. The maximum atomic E-state index is 12.5. The van der Waals surface area contributed by atoms with Gasteiger partial charge < -0.3 is 20.1 Å². The molecule has 3 aliphatic heterocycles. The largest absolute Gasteiger partial charge is 0.343 e. The summed E-state index contributed by atoms with van der Waals surface area (Å²) in [7, 11) is 0. The number of carbonyl (C=O) groups excluding carboxylic acids is 3. The fourth-order valence-electron chi connectivity index (χ4n) is 4.44. The summed E-state index contributed by atoms with van der Waals surface area (Å²) in [4.78, 5) is 43.7. The van der Waals surface area contributed by atoms with Gasteiger partial charge in [0, 0.05) is 31.6 Å². The molecule has 1 aromatic carbocycles. The van der Waals surface area contributed by atoms with Gasteiger partial charge in [-0.2, -0.15) is 0 Å². The SMILES string of the molecule is CC1NC(=O)C2(CCN(c3nc4cccc5c4n3CCC5=O)CC2)NC1=O. The number of imidazole rings is 1. The van der Waals surface area contributed by atoms with Gasteiger partial charge in [0.15, 0.2) is 5.78 Å². The molecule has 27 heavy (non-hydrogen) atoms. The predicted molar refractivity (Wildman–Crippen MR) is 98.6 cm³/mol. The van der Waals surface area contributed by atoms with E-state index in [2.05, 4.69) is 20.1 Å². The zero-order chi connectivity index (χ0) is 18.8. The summed E-state index contributed by atoms with van der Waals surface area (Å²) in [6.45, 7) is 3.55. The Morgan fingerprint density at radius 2 is 1.93 bits per heavy atom. The summed E-state index contributed by atoms with van der Waals surface area (Å²) in [6, 6.07) is 5.18. The van der Waals surface area contributed by atoms with E-state index in [0.717, 1.165) is 22.5 Å². The molecule has 0 saturated carbocycles. The summed E-state index contributed by atoms with van der Waals surface area (Å²) in [5.41, 5.74) is 1.64. The van der Waals surface area contributed by atoms with Crippen molar-refractivity contribution in [3.63, 3.8) is 0 Å². The molecule has 2 N–H and O–H groups in total. The van der Waals surface area contributed by atoms with Gasteiger partial charge in [0.1, 0.15) is 11.6 Å². The number of nitrogens with one attached hydrogen (secondary N) is 2. The van der Waals surface area contributed by atoms with E-state index in [1.54, 1.807) is 6.92 Å². The number of rotatable bonds is 1. The van der Waals surface area contributed by atoms with Crippen molar-refractivity contribution in [2.75, 3.05) is 18.0 Å². The number of ketones is 1. The molecule has 8 heteroatoms. The first-order chi connectivity index (χ1) is 13.0. The number of piperidine rings is 1. The molecule has 140 valence electrons. The Kier molecular flexibility index (Phi) is 3.35. The van der Waals surface area contributed by atoms with Crippen LogP contribution in [0.2, 0.25) is 0 Å². The van der Waals surface area contributed by atoms with E-state index < -0.39 is 11.6 Å². The van der Waals surface area contributed by atoms with Crippen LogP contribution in [0.25, 0.3) is 11.0 Å². The molecule has 1 atom stereocenters. The van der Waals surface area contributed by atoms with E-state index in [-0.39, 0.29) is 17.6 Å². The highest BCUT2D eigenvalue weighted by Crippen LogP contribution is 2.33. The highest BCUT2D eigenvalue weighted by atomic mass is 16.2. The quantitative estimate of drug-likeness (QED) is 0.769. The fourth-order valence-corrected chi connectivity index (χ4v) is 4.44. The first kappa shape index (κ1) is 16.3. The van der Waals surface area contributed by atoms with Gasteiger partial charge in [-0.3, -0.25) is 14.4 Å². The van der Waals surface area contributed by atoms with E-state index in [1.807, 2.05) is 18.2 Å². The van der Waals surface area contributed by atoms with Gasteiger partial charge >= 0.3 is 0 Å². The smallest absolute Gasteiger partial charge is 0.246 e. The zero-order valence-corrected chi connectivity index (χ0v) is 15.1. The lowest BCUT2D eigenvalue weighted by atomic mass is 9.84. The number of hydrogen-bond acceptors (Lipinski definition) is 5. The molecule has 3 aliphatic rings. The molecule has 2 fully saturated rings. The van der Waals surface area contributed by atoms with Crippen molar-refractivity contribution < 1.29 is 14.4 Å². The normalized spacial score (nSPS) is 24.3. The van der Waals surface area contributed by atoms with Crippen molar-refractivity contribution in [1.29, 1.82) is 0 Å². The second kappa shape index (κ2) is 5.55. The Hall–Kier alpha value is -2.90. The van der Waals surface area contributed by atoms with Crippen molar-refractivity contribution in [3.8, 4) is 0 Å². The molecule has 0 aliphatic carbocycles. The molecule has 1 unspecified atom stereocenters. The van der Waals surface area contributed by atoms with Gasteiger partial charge in [-0.1, -0.05) is 6.07 Å². The highest BCUT2D eigenvalue weighted by molar-refractivity contribution is 6.08. The Morgan fingerprint density at radius 1 is 1.15 bits per heavy atom. The van der Waals surface area contributed by atoms with Crippen LogP contribution in [0.1, 0.15) is 36.5 Å². The summed E-state index contributed by atoms with van der Waals surface area (Å²) in [5, 5.41) is 5.72. The van der Waals surface area contributed by atoms with E-state index in [1.165, 1.54) is 0 Å². The second-order valence-electron chi connectivity index (χ2n) is 7.66. The van der Waals surface area contributed by atoms with Crippen LogP contribution in [0.5, 0.6) is 0 Å². The Labute approximate surface area is 155 Å². The molecule has 2 amide bonds. The summed E-state index contributed by atoms with van der Waals surface area (Å²) in [5.74, 6) is 0.771. The maximum absolute atomic E-state index is 12.5. The van der Waals surface area contributed by atoms with Gasteiger partial charge in [0.25, 0.3) is 0 Å². The topological polar surface area (TPSA) is 96.3 Å². The molecular weight excluding hydrogens is 346 g/mol. The average molecular weight is 367 g/mol. The molecule has 2 aromatic rings. The van der Waals surface area contributed by atoms with Crippen molar-refractivity contribution in [1.82, 2.24) is 20.2 Å². The Morgan fingerprint density at radius 3 is 2.70 bits per heavy atom. The fraction of sp³-hybridized carbons (Fsp3) is 0.474. The van der Waals surface area contributed by atoms with E-state index in [9.17, 15) is 14.4 Å². The number of piperazine rings is 1. The average Bonchev–Trinajstić information content (AvgIpc) is 3.04. The van der Waals surface area contributed by atoms with Crippen molar-refractivity contribution in [3.05, 3.63) is 23.8 Å². The lowest BCUT2D eigenvalue weighted by Gasteiger charge is -2.44. The van der Waals surface area contributed by atoms with Crippen LogP contribution < -0.4 is 15.5 Å². The van der Waals surface area contributed by atoms with Crippen molar-refractivity contribution in [2.45, 2.75) is 44.3 Å². The van der Waals surface area contributed by atoms with Crippen LogP contribution >= 0.6 is 0 Å². The molecule has 8 nitrogen and oxygen atoms in total. The third-order valence-electron chi connectivity index (χ3n) is 6.05. The van der Waals surface area contributed by atoms with Crippen LogP contribution in [-0.4, -0.2) is 51.8 Å². The van der Waals surface area contributed by atoms with Gasteiger partial charge in [0.05, 0.1) is 11.0 Å². The summed E-state index contributed by atoms with van der Waals surface area (Å²) < 4.78 is 2.12. The zero-order valence-electron chi connectivity index (χ0n) is 15.1. The third kappa shape index (κ3) is 2.28. The minimum atomic E-state index is -0.824. The monoisotopic (exact) mass is 367 g/mol. The minimum Gasteiger partial charge on any atom is -0.343 e. The highest BCUT2D eigenvalue weighted by Gasteiger charge is 2.47. The Bertz CT molecular complexity index is 987. The predicted octanol–water partition coefficient (Wildman–Crippen LogP) is 0.596. The van der Waals surface area contributed by atoms with E-state index >= 15 is 0 Å². The standard InChI is InChI=1S/C19H21N5O3/c1-11-16(26)22-19(17(27)20-11)6-9-23(10-7-19)18-21-13-4-2-3-12-14(25)5-8-24(18)15(12)13/h2-4,11H,5-10H2,1H3,(H,20,27)(H,22,26). The number of aromatic nitrogens is 2. The van der Waals surface area contributed by atoms with Crippen LogP contribution in [0, 0.1) is 0 Å². The van der Waals surface area contributed by atoms with Crippen molar-refractivity contribution in [2.24, 2.45) is 0 Å². The molecule has 0 radical (unpaired) electrons. The molecule has 4 heterocycles. The lowest BCUT2D eigenvalue weighted by Crippen LogP contribution is -2.71. The number of carbonyl (C=O) groups is 3. The van der Waals surface area contributed by atoms with Crippen LogP contribution in [-0.2, 0) is 16.1 Å². The summed E-state index contributed by atoms with van der Waals surface area (Å²) >= 11 is 0. The van der Waals surface area contributed by atoms with E-state index in [4.69, 9.17) is 4.98 Å². The molecule has 2 saturated heterocycles. The third-order valence-corrected chi connectivity index (χ3v) is 6.05. The van der Waals surface area contributed by atoms with Gasteiger partial charge in [-0.25, -0.2) is 4.98 Å². The summed E-state index contributed by atoms with van der Waals surface area (Å²) in [6.07, 6.45) is 1.54. The first-order valence-electron chi connectivity index (χ1n) is 9.39. The van der Waals surface area contributed by atoms with Crippen LogP contribution in [0.3, 0.4) is 0 Å². The number of benzene rings is 1. The molecule has 1 spiro atoms. The second-order valence-corrected chi connectivity index (χ2v) is 7.66.